The fourth-order valence-corrected chi connectivity index (χ4v) is 2.22. The number of benzene rings is 1. The zero-order valence-corrected chi connectivity index (χ0v) is 12.3. The lowest BCUT2D eigenvalue weighted by atomic mass is 10.2. The first-order valence-electron chi connectivity index (χ1n) is 6.30. The van der Waals surface area contributed by atoms with E-state index in [0.29, 0.717) is 18.3 Å². The monoisotopic (exact) mass is 353 g/mol. The minimum absolute atomic E-state index is 0.154. The first kappa shape index (κ1) is 15.6. The summed E-state index contributed by atoms with van der Waals surface area (Å²) in [7, 11) is 0. The van der Waals surface area contributed by atoms with Crippen LogP contribution in [0.4, 0.5) is 13.2 Å². The molecule has 0 saturated heterocycles. The molecule has 0 aliphatic heterocycles. The molecule has 0 radical (unpaired) electrons. The van der Waals surface area contributed by atoms with Crippen molar-refractivity contribution in [2.45, 2.75) is 31.8 Å². The van der Waals surface area contributed by atoms with E-state index in [9.17, 15) is 13.2 Å². The average Bonchev–Trinajstić information content (AvgIpc) is 3.17. The van der Waals surface area contributed by atoms with Crippen molar-refractivity contribution < 1.29 is 22.6 Å². The predicted molar refractivity (Wildman–Crippen MR) is 71.5 cm³/mol. The number of halogens is 4. The molecule has 1 saturated carbocycles. The molecule has 1 aromatic rings. The van der Waals surface area contributed by atoms with E-state index in [0.717, 1.165) is 10.0 Å². The van der Waals surface area contributed by atoms with Gasteiger partial charge in [-0.05, 0) is 34.8 Å². The summed E-state index contributed by atoms with van der Waals surface area (Å²) in [6.07, 6.45) is -2.28. The molecule has 0 bridgehead atoms. The second-order valence-electron chi connectivity index (χ2n) is 4.53. The average molecular weight is 354 g/mol. The van der Waals surface area contributed by atoms with Crippen molar-refractivity contribution >= 4 is 15.9 Å². The maximum absolute atomic E-state index is 11.9. The molecule has 1 N–H and O–H groups in total. The van der Waals surface area contributed by atoms with Gasteiger partial charge in [0.2, 0.25) is 0 Å². The molecule has 0 heterocycles. The van der Waals surface area contributed by atoms with E-state index in [1.165, 1.54) is 12.8 Å². The minimum Gasteiger partial charge on any atom is -0.490 e. The van der Waals surface area contributed by atoms with E-state index in [4.69, 9.17) is 4.74 Å². The van der Waals surface area contributed by atoms with Crippen molar-refractivity contribution in [3.8, 4) is 5.75 Å². The van der Waals surface area contributed by atoms with Crippen LogP contribution >= 0.6 is 15.9 Å². The Morgan fingerprint density at radius 3 is 2.65 bits per heavy atom. The van der Waals surface area contributed by atoms with Crippen molar-refractivity contribution in [1.82, 2.24) is 5.32 Å². The molecular formula is C13H15BrF3NO2. The topological polar surface area (TPSA) is 30.5 Å². The van der Waals surface area contributed by atoms with Crippen LogP contribution in [0.1, 0.15) is 18.4 Å². The van der Waals surface area contributed by atoms with E-state index in [2.05, 4.69) is 26.0 Å². The normalized spacial score (nSPS) is 15.4. The molecule has 0 unspecified atom stereocenters. The zero-order chi connectivity index (χ0) is 14.6. The fraction of sp³-hybridized carbons (Fsp3) is 0.538. The van der Waals surface area contributed by atoms with Gasteiger partial charge in [-0.15, -0.1) is 13.2 Å². The zero-order valence-electron chi connectivity index (χ0n) is 10.7. The summed E-state index contributed by atoms with van der Waals surface area (Å²) < 4.78 is 45.4. The number of rotatable bonds is 7. The second-order valence-corrected chi connectivity index (χ2v) is 5.38. The number of alkyl halides is 3. The van der Waals surface area contributed by atoms with Crippen LogP contribution in [0.3, 0.4) is 0 Å². The van der Waals surface area contributed by atoms with Crippen LogP contribution < -0.4 is 10.1 Å². The summed E-state index contributed by atoms with van der Waals surface area (Å²) in [6.45, 7) is -0.0432. The first-order valence-corrected chi connectivity index (χ1v) is 7.09. The van der Waals surface area contributed by atoms with E-state index in [1.54, 1.807) is 6.07 Å². The third-order valence-electron chi connectivity index (χ3n) is 2.80. The molecule has 2 rings (SSSR count). The van der Waals surface area contributed by atoms with Crippen LogP contribution in [0.2, 0.25) is 0 Å². The van der Waals surface area contributed by atoms with Gasteiger partial charge in [0.25, 0.3) is 0 Å². The summed E-state index contributed by atoms with van der Waals surface area (Å²) in [5.74, 6) is 0.562. The lowest BCUT2D eigenvalue weighted by Crippen LogP contribution is -2.19. The minimum atomic E-state index is -4.62. The number of hydrogen-bond acceptors (Lipinski definition) is 3. The molecule has 1 aliphatic carbocycles. The molecule has 20 heavy (non-hydrogen) atoms. The first-order chi connectivity index (χ1) is 9.46. The summed E-state index contributed by atoms with van der Waals surface area (Å²) >= 11 is 3.35. The van der Waals surface area contributed by atoms with Crippen LogP contribution in [0.15, 0.2) is 22.7 Å². The van der Waals surface area contributed by atoms with Crippen molar-refractivity contribution in [1.29, 1.82) is 0 Å². The number of nitrogens with one attached hydrogen (secondary N) is 1. The van der Waals surface area contributed by atoms with Crippen molar-refractivity contribution in [3.05, 3.63) is 28.2 Å². The van der Waals surface area contributed by atoms with Gasteiger partial charge < -0.3 is 10.1 Å². The third kappa shape index (κ3) is 5.30. The SMILES string of the molecule is FC(F)(F)OCCOc1c(Br)cccc1CNC1CC1. The Balaban J connectivity index is 1.87. The van der Waals surface area contributed by atoms with Gasteiger partial charge in [0.1, 0.15) is 12.4 Å². The highest BCUT2D eigenvalue weighted by Gasteiger charge is 2.28. The van der Waals surface area contributed by atoms with Crippen LogP contribution in [0.5, 0.6) is 5.75 Å². The Morgan fingerprint density at radius 1 is 1.25 bits per heavy atom. The summed E-state index contributed by atoms with van der Waals surface area (Å²) in [6, 6.07) is 6.10. The van der Waals surface area contributed by atoms with Crippen LogP contribution in [0, 0.1) is 0 Å². The molecule has 0 aromatic heterocycles. The molecule has 0 amide bonds. The summed E-state index contributed by atoms with van der Waals surface area (Å²) in [5.41, 5.74) is 0.915. The Bertz CT molecular complexity index is 450. The van der Waals surface area contributed by atoms with Crippen molar-refractivity contribution in [3.63, 3.8) is 0 Å². The largest absolute Gasteiger partial charge is 0.522 e. The molecule has 7 heteroatoms. The molecule has 0 atom stereocenters. The lowest BCUT2D eigenvalue weighted by molar-refractivity contribution is -0.325. The molecule has 0 spiro atoms. The highest BCUT2D eigenvalue weighted by Crippen LogP contribution is 2.30. The molecule has 112 valence electrons. The second kappa shape index (κ2) is 6.78. The maximum atomic E-state index is 11.9. The van der Waals surface area contributed by atoms with Crippen LogP contribution in [0.25, 0.3) is 0 Å². The van der Waals surface area contributed by atoms with E-state index in [-0.39, 0.29) is 6.61 Å². The van der Waals surface area contributed by atoms with E-state index < -0.39 is 13.0 Å². The van der Waals surface area contributed by atoms with Gasteiger partial charge in [0.05, 0.1) is 11.1 Å². The molecule has 1 aliphatic rings. The standard InChI is InChI=1S/C13H15BrF3NO2/c14-11-3-1-2-9(8-18-10-4-5-10)12(11)19-6-7-20-13(15,16)17/h1-3,10,18H,4-8H2. The lowest BCUT2D eigenvalue weighted by Gasteiger charge is -2.14. The summed E-state index contributed by atoms with van der Waals surface area (Å²) in [5, 5.41) is 3.34. The number of para-hydroxylation sites is 1. The Kier molecular flexibility index (Phi) is 5.29. The van der Waals surface area contributed by atoms with Crippen LogP contribution in [-0.2, 0) is 11.3 Å². The molecule has 1 aromatic carbocycles. The van der Waals surface area contributed by atoms with Gasteiger partial charge in [-0.1, -0.05) is 12.1 Å². The quantitative estimate of drug-likeness (QED) is 0.759. The Morgan fingerprint density at radius 2 is 2.00 bits per heavy atom. The van der Waals surface area contributed by atoms with Crippen molar-refractivity contribution in [2.75, 3.05) is 13.2 Å². The highest BCUT2D eigenvalue weighted by molar-refractivity contribution is 9.10. The summed E-state index contributed by atoms with van der Waals surface area (Å²) in [4.78, 5) is 0. The van der Waals surface area contributed by atoms with Gasteiger partial charge >= 0.3 is 6.36 Å². The van der Waals surface area contributed by atoms with E-state index in [1.807, 2.05) is 12.1 Å². The number of hydrogen-bond donors (Lipinski definition) is 1. The molecular weight excluding hydrogens is 339 g/mol. The van der Waals surface area contributed by atoms with Gasteiger partial charge in [0, 0.05) is 18.2 Å². The highest BCUT2D eigenvalue weighted by atomic mass is 79.9. The van der Waals surface area contributed by atoms with Gasteiger partial charge in [0.15, 0.2) is 0 Å². The smallest absolute Gasteiger partial charge is 0.490 e. The van der Waals surface area contributed by atoms with Gasteiger partial charge in [-0.25, -0.2) is 0 Å². The maximum Gasteiger partial charge on any atom is 0.522 e. The Hall–Kier alpha value is -0.790. The van der Waals surface area contributed by atoms with E-state index >= 15 is 0 Å². The molecule has 3 nitrogen and oxygen atoms in total. The number of ether oxygens (including phenoxy) is 2. The van der Waals surface area contributed by atoms with Gasteiger partial charge in [-0.3, -0.25) is 4.74 Å². The fourth-order valence-electron chi connectivity index (χ4n) is 1.70. The van der Waals surface area contributed by atoms with Gasteiger partial charge in [-0.2, -0.15) is 0 Å². The third-order valence-corrected chi connectivity index (χ3v) is 3.43. The Labute approximate surface area is 123 Å². The van der Waals surface area contributed by atoms with Crippen LogP contribution in [-0.4, -0.2) is 25.6 Å². The predicted octanol–water partition coefficient (Wildman–Crippen LogP) is 3.62. The molecule has 1 fully saturated rings. The van der Waals surface area contributed by atoms with Crippen molar-refractivity contribution in [2.24, 2.45) is 0 Å².